The molecule has 6 heteroatoms. The second-order valence-electron chi connectivity index (χ2n) is 5.42. The minimum absolute atomic E-state index is 0.0825. The number of benzene rings is 2. The highest BCUT2D eigenvalue weighted by Crippen LogP contribution is 2.16. The first kappa shape index (κ1) is 16.3. The summed E-state index contributed by atoms with van der Waals surface area (Å²) in [5.74, 6) is -1.60. The maximum Gasteiger partial charge on any atom is 0.273 e. The Hall–Kier alpha value is -3.54. The van der Waals surface area contributed by atoms with E-state index in [4.69, 9.17) is 0 Å². The first-order chi connectivity index (χ1) is 12.0. The third-order valence-corrected chi connectivity index (χ3v) is 3.69. The van der Waals surface area contributed by atoms with Crippen LogP contribution >= 0.6 is 0 Å². The first-order valence-corrected chi connectivity index (χ1v) is 7.56. The molecule has 0 atom stereocenters. The highest BCUT2D eigenvalue weighted by atomic mass is 16.4. The lowest BCUT2D eigenvalue weighted by atomic mass is 10.1. The largest absolute Gasteiger partial charge is 0.545 e. The van der Waals surface area contributed by atoms with Gasteiger partial charge in [0, 0.05) is 5.39 Å². The van der Waals surface area contributed by atoms with Gasteiger partial charge in [-0.2, -0.15) is 5.10 Å². The van der Waals surface area contributed by atoms with E-state index in [2.05, 4.69) is 15.5 Å². The third-order valence-electron chi connectivity index (χ3n) is 3.69. The molecule has 1 amide bonds. The van der Waals surface area contributed by atoms with Gasteiger partial charge in [0.15, 0.2) is 0 Å². The van der Waals surface area contributed by atoms with E-state index in [-0.39, 0.29) is 11.5 Å². The van der Waals surface area contributed by atoms with Gasteiger partial charge in [-0.05, 0) is 30.2 Å². The molecule has 0 bridgehead atoms. The van der Waals surface area contributed by atoms with Crippen molar-refractivity contribution in [3.63, 3.8) is 0 Å². The molecule has 1 aromatic heterocycles. The SMILES string of the molecule is Cc1nc2ccccc2cc1C(=O)N/N=C\c1ccc(C(=O)[O-])cc1. The lowest BCUT2D eigenvalue weighted by molar-refractivity contribution is -0.255. The molecule has 0 saturated carbocycles. The topological polar surface area (TPSA) is 94.5 Å². The van der Waals surface area contributed by atoms with Gasteiger partial charge in [0.05, 0.1) is 29.0 Å². The number of carboxylic acids is 1. The Morgan fingerprint density at radius 2 is 1.84 bits per heavy atom. The Morgan fingerprint density at radius 3 is 2.56 bits per heavy atom. The van der Waals surface area contributed by atoms with Crippen LogP contribution in [0.4, 0.5) is 0 Å². The third kappa shape index (κ3) is 3.69. The van der Waals surface area contributed by atoms with Gasteiger partial charge in [0.2, 0.25) is 0 Å². The van der Waals surface area contributed by atoms with E-state index < -0.39 is 5.97 Å². The summed E-state index contributed by atoms with van der Waals surface area (Å²) in [6.07, 6.45) is 1.43. The number of rotatable bonds is 4. The van der Waals surface area contributed by atoms with Crippen LogP contribution in [0.2, 0.25) is 0 Å². The van der Waals surface area contributed by atoms with E-state index in [1.807, 2.05) is 24.3 Å². The van der Waals surface area contributed by atoms with Gasteiger partial charge < -0.3 is 9.90 Å². The molecule has 1 N–H and O–H groups in total. The number of nitrogens with one attached hydrogen (secondary N) is 1. The van der Waals surface area contributed by atoms with Crippen LogP contribution in [-0.2, 0) is 0 Å². The fraction of sp³-hybridized carbons (Fsp3) is 0.0526. The van der Waals surface area contributed by atoms with Crippen LogP contribution < -0.4 is 10.5 Å². The van der Waals surface area contributed by atoms with E-state index in [0.717, 1.165) is 10.9 Å². The van der Waals surface area contributed by atoms with Crippen molar-refractivity contribution in [1.29, 1.82) is 0 Å². The maximum absolute atomic E-state index is 12.3. The van der Waals surface area contributed by atoms with Crippen molar-refractivity contribution in [1.82, 2.24) is 10.4 Å². The zero-order valence-corrected chi connectivity index (χ0v) is 13.4. The van der Waals surface area contributed by atoms with Crippen molar-refractivity contribution in [2.75, 3.05) is 0 Å². The maximum atomic E-state index is 12.3. The van der Waals surface area contributed by atoms with Crippen LogP contribution in [0, 0.1) is 6.92 Å². The number of aryl methyl sites for hydroxylation is 1. The van der Waals surface area contributed by atoms with Crippen LogP contribution in [0.25, 0.3) is 10.9 Å². The smallest absolute Gasteiger partial charge is 0.273 e. The molecule has 0 spiro atoms. The van der Waals surface area contributed by atoms with Gasteiger partial charge in [-0.1, -0.05) is 42.5 Å². The Labute approximate surface area is 143 Å². The molecule has 0 aliphatic rings. The quantitative estimate of drug-likeness (QED) is 0.581. The Morgan fingerprint density at radius 1 is 1.12 bits per heavy atom. The Bertz CT molecular complexity index is 979. The van der Waals surface area contributed by atoms with Crippen LogP contribution in [0.15, 0.2) is 59.7 Å². The normalized spacial score (nSPS) is 10.9. The molecular weight excluding hydrogens is 318 g/mol. The molecule has 0 aliphatic heterocycles. The Kier molecular flexibility index (Phi) is 4.52. The fourth-order valence-electron chi connectivity index (χ4n) is 2.37. The summed E-state index contributed by atoms with van der Waals surface area (Å²) in [7, 11) is 0. The molecule has 25 heavy (non-hydrogen) atoms. The van der Waals surface area contributed by atoms with Crippen LogP contribution in [0.3, 0.4) is 0 Å². The number of carboxylic acid groups (broad SMARTS) is 1. The molecule has 1 heterocycles. The minimum atomic E-state index is -1.24. The molecule has 0 aliphatic carbocycles. The lowest BCUT2D eigenvalue weighted by Gasteiger charge is -2.06. The van der Waals surface area contributed by atoms with Gasteiger partial charge in [0.1, 0.15) is 0 Å². The van der Waals surface area contributed by atoms with Gasteiger partial charge >= 0.3 is 0 Å². The summed E-state index contributed by atoms with van der Waals surface area (Å²) in [5.41, 5.74) is 5.08. The number of hydrazone groups is 1. The van der Waals surface area contributed by atoms with Crippen molar-refractivity contribution in [2.45, 2.75) is 6.92 Å². The fourth-order valence-corrected chi connectivity index (χ4v) is 2.37. The summed E-state index contributed by atoms with van der Waals surface area (Å²) in [4.78, 5) is 27.4. The number of nitrogens with zero attached hydrogens (tertiary/aromatic N) is 2. The number of hydrogen-bond acceptors (Lipinski definition) is 5. The Balaban J connectivity index is 1.74. The zero-order valence-electron chi connectivity index (χ0n) is 13.4. The van der Waals surface area contributed by atoms with Crippen molar-refractivity contribution in [3.8, 4) is 0 Å². The standard InChI is InChI=1S/C19H15N3O3/c1-12-16(10-15-4-2-3-5-17(15)21-12)18(23)22-20-11-13-6-8-14(9-7-13)19(24)25/h2-11H,1H3,(H,22,23)(H,24,25)/p-1/b20-11-. The van der Waals surface area contributed by atoms with Crippen LogP contribution in [-0.4, -0.2) is 23.1 Å². The number of aromatic carboxylic acids is 1. The predicted molar refractivity (Wildman–Crippen MR) is 92.3 cm³/mol. The summed E-state index contributed by atoms with van der Waals surface area (Å²) >= 11 is 0. The van der Waals surface area contributed by atoms with E-state index in [0.29, 0.717) is 16.8 Å². The van der Waals surface area contributed by atoms with E-state index in [9.17, 15) is 14.7 Å². The molecule has 6 nitrogen and oxygen atoms in total. The number of carbonyl (C=O) groups is 2. The number of aromatic nitrogens is 1. The average molecular weight is 332 g/mol. The second kappa shape index (κ2) is 6.92. The first-order valence-electron chi connectivity index (χ1n) is 7.56. The molecular formula is C19H14N3O3-. The second-order valence-corrected chi connectivity index (χ2v) is 5.42. The summed E-state index contributed by atoms with van der Waals surface area (Å²) in [6, 6.07) is 15.3. The van der Waals surface area contributed by atoms with Crippen LogP contribution in [0.1, 0.15) is 32.0 Å². The molecule has 124 valence electrons. The molecule has 0 radical (unpaired) electrons. The number of amides is 1. The molecule has 0 fully saturated rings. The average Bonchev–Trinajstić information content (AvgIpc) is 2.61. The van der Waals surface area contributed by atoms with Crippen molar-refractivity contribution in [3.05, 3.63) is 77.0 Å². The van der Waals surface area contributed by atoms with Crippen LogP contribution in [0.5, 0.6) is 0 Å². The minimum Gasteiger partial charge on any atom is -0.545 e. The van der Waals surface area contributed by atoms with Gasteiger partial charge in [-0.3, -0.25) is 9.78 Å². The summed E-state index contributed by atoms with van der Waals surface area (Å²) < 4.78 is 0. The zero-order chi connectivity index (χ0) is 17.8. The van der Waals surface area contributed by atoms with Gasteiger partial charge in [-0.25, -0.2) is 5.43 Å². The molecule has 3 rings (SSSR count). The number of hydrogen-bond donors (Lipinski definition) is 1. The molecule has 3 aromatic rings. The van der Waals surface area contributed by atoms with Crippen molar-refractivity contribution in [2.24, 2.45) is 5.10 Å². The van der Waals surface area contributed by atoms with Crippen molar-refractivity contribution < 1.29 is 14.7 Å². The molecule has 2 aromatic carbocycles. The predicted octanol–water partition coefficient (Wildman–Crippen LogP) is 1.67. The van der Waals surface area contributed by atoms with E-state index in [1.165, 1.54) is 18.3 Å². The molecule has 0 saturated heterocycles. The summed E-state index contributed by atoms with van der Waals surface area (Å²) in [5, 5.41) is 15.5. The number of fused-ring (bicyclic) bond motifs is 1. The number of para-hydroxylation sites is 1. The lowest BCUT2D eigenvalue weighted by Crippen LogP contribution is -2.22. The number of carbonyl (C=O) groups excluding carboxylic acids is 2. The van der Waals surface area contributed by atoms with E-state index in [1.54, 1.807) is 25.1 Å². The molecule has 0 unspecified atom stereocenters. The van der Waals surface area contributed by atoms with Crippen molar-refractivity contribution >= 4 is 29.0 Å². The van der Waals surface area contributed by atoms with Gasteiger partial charge in [-0.15, -0.1) is 0 Å². The highest BCUT2D eigenvalue weighted by molar-refractivity contribution is 5.99. The monoisotopic (exact) mass is 332 g/mol. The summed E-state index contributed by atoms with van der Waals surface area (Å²) in [6.45, 7) is 1.77. The van der Waals surface area contributed by atoms with Gasteiger partial charge in [0.25, 0.3) is 5.91 Å². The van der Waals surface area contributed by atoms with E-state index >= 15 is 0 Å². The number of pyridine rings is 1. The highest BCUT2D eigenvalue weighted by Gasteiger charge is 2.10.